The van der Waals surface area contributed by atoms with Gasteiger partial charge in [-0.1, -0.05) is 15.9 Å². The van der Waals surface area contributed by atoms with Crippen LogP contribution in [0.1, 0.15) is 6.42 Å². The van der Waals surface area contributed by atoms with Crippen molar-refractivity contribution in [3.8, 4) is 0 Å². The molecule has 0 bridgehead atoms. The summed E-state index contributed by atoms with van der Waals surface area (Å²) in [5.41, 5.74) is 0.921. The van der Waals surface area contributed by atoms with Crippen LogP contribution in [0.3, 0.4) is 0 Å². The number of carbonyl (C=O) groups is 1. The summed E-state index contributed by atoms with van der Waals surface area (Å²) in [7, 11) is 0. The molecule has 0 atom stereocenters. The number of nitrogens with zero attached hydrogens (tertiary/aromatic N) is 2. The summed E-state index contributed by atoms with van der Waals surface area (Å²) in [6, 6.07) is 7.74. The van der Waals surface area contributed by atoms with Crippen molar-refractivity contribution in [2.75, 3.05) is 31.1 Å². The number of anilines is 1. The van der Waals surface area contributed by atoms with Gasteiger partial charge in [0.1, 0.15) is 0 Å². The van der Waals surface area contributed by atoms with E-state index in [1.165, 1.54) is 0 Å². The largest absolute Gasteiger partial charge is 0.396 e. The Bertz CT molecular complexity index is 394. The van der Waals surface area contributed by atoms with Gasteiger partial charge in [0, 0.05) is 36.4 Å². The molecule has 1 fully saturated rings. The second kappa shape index (κ2) is 5.51. The molecule has 1 heterocycles. The summed E-state index contributed by atoms with van der Waals surface area (Å²) in [4.78, 5) is 15.6. The van der Waals surface area contributed by atoms with E-state index in [2.05, 4.69) is 15.9 Å². The van der Waals surface area contributed by atoms with Crippen LogP contribution in [-0.4, -0.2) is 42.3 Å². The molecule has 2 rings (SSSR count). The molecule has 92 valence electrons. The van der Waals surface area contributed by atoms with Gasteiger partial charge in [0.05, 0.1) is 0 Å². The van der Waals surface area contributed by atoms with Crippen LogP contribution in [0.4, 0.5) is 10.5 Å². The zero-order chi connectivity index (χ0) is 12.3. The zero-order valence-corrected chi connectivity index (χ0v) is 11.1. The van der Waals surface area contributed by atoms with E-state index in [0.29, 0.717) is 19.5 Å². The summed E-state index contributed by atoms with van der Waals surface area (Å²) >= 11 is 3.37. The predicted molar refractivity (Wildman–Crippen MR) is 70.2 cm³/mol. The zero-order valence-electron chi connectivity index (χ0n) is 9.47. The number of hydrogen-bond donors (Lipinski definition) is 1. The third kappa shape index (κ3) is 2.79. The Labute approximate surface area is 109 Å². The van der Waals surface area contributed by atoms with Crippen molar-refractivity contribution in [1.29, 1.82) is 0 Å². The second-order valence-electron chi connectivity index (χ2n) is 3.97. The highest BCUT2D eigenvalue weighted by Gasteiger charge is 2.28. The van der Waals surface area contributed by atoms with E-state index in [1.54, 1.807) is 9.80 Å². The first-order valence-electron chi connectivity index (χ1n) is 5.65. The van der Waals surface area contributed by atoms with Crippen LogP contribution in [0.5, 0.6) is 0 Å². The maximum absolute atomic E-state index is 12.1. The summed E-state index contributed by atoms with van der Waals surface area (Å²) in [5, 5.41) is 8.77. The first-order chi connectivity index (χ1) is 8.22. The molecule has 1 aromatic rings. The van der Waals surface area contributed by atoms with Crippen molar-refractivity contribution in [2.24, 2.45) is 0 Å². The lowest BCUT2D eigenvalue weighted by Crippen LogP contribution is -2.32. The molecule has 1 saturated heterocycles. The summed E-state index contributed by atoms with van der Waals surface area (Å²) in [5.74, 6) is 0. The van der Waals surface area contributed by atoms with Crippen LogP contribution in [-0.2, 0) is 0 Å². The minimum absolute atomic E-state index is 0.0285. The fourth-order valence-corrected chi connectivity index (χ4v) is 2.18. The van der Waals surface area contributed by atoms with Crippen LogP contribution >= 0.6 is 15.9 Å². The van der Waals surface area contributed by atoms with Crippen LogP contribution in [0.25, 0.3) is 0 Å². The number of halogens is 1. The molecule has 0 saturated carbocycles. The molecular formula is C12H15BrN2O2. The molecule has 4 nitrogen and oxygen atoms in total. The monoisotopic (exact) mass is 298 g/mol. The summed E-state index contributed by atoms with van der Waals surface area (Å²) in [6.07, 6.45) is 0.639. The average molecular weight is 299 g/mol. The molecule has 17 heavy (non-hydrogen) atoms. The lowest BCUT2D eigenvalue weighted by Gasteiger charge is -2.18. The fraction of sp³-hybridized carbons (Fsp3) is 0.417. The highest BCUT2D eigenvalue weighted by atomic mass is 79.9. The molecule has 1 aliphatic heterocycles. The SMILES string of the molecule is O=C1N(CCCO)CCN1c1ccc(Br)cc1. The van der Waals surface area contributed by atoms with Gasteiger partial charge in [0.25, 0.3) is 0 Å². The topological polar surface area (TPSA) is 43.8 Å². The highest BCUT2D eigenvalue weighted by molar-refractivity contribution is 9.10. The summed E-state index contributed by atoms with van der Waals surface area (Å²) < 4.78 is 1.00. The van der Waals surface area contributed by atoms with Crippen LogP contribution < -0.4 is 4.90 Å². The van der Waals surface area contributed by atoms with Crippen LogP contribution in [0, 0.1) is 0 Å². The standard InChI is InChI=1S/C12H15BrN2O2/c13-10-2-4-11(5-3-10)15-8-7-14(12(15)17)6-1-9-16/h2-5,16H,1,6-9H2. The minimum Gasteiger partial charge on any atom is -0.396 e. The molecule has 0 radical (unpaired) electrons. The van der Waals surface area contributed by atoms with Crippen LogP contribution in [0.2, 0.25) is 0 Å². The maximum Gasteiger partial charge on any atom is 0.324 e. The third-order valence-corrected chi connectivity index (χ3v) is 3.35. The van der Waals surface area contributed by atoms with Gasteiger partial charge in [0.2, 0.25) is 0 Å². The normalized spacial score (nSPS) is 15.8. The van der Waals surface area contributed by atoms with Gasteiger partial charge in [-0.05, 0) is 30.7 Å². The molecular weight excluding hydrogens is 284 g/mol. The lowest BCUT2D eigenvalue weighted by atomic mass is 10.3. The van der Waals surface area contributed by atoms with Gasteiger partial charge in [-0.15, -0.1) is 0 Å². The second-order valence-corrected chi connectivity index (χ2v) is 4.89. The van der Waals surface area contributed by atoms with E-state index in [1.807, 2.05) is 24.3 Å². The van der Waals surface area contributed by atoms with Gasteiger partial charge in [-0.25, -0.2) is 4.79 Å². The molecule has 0 aromatic heterocycles. The molecule has 0 unspecified atom stereocenters. The number of aliphatic hydroxyl groups is 1. The molecule has 2 amide bonds. The number of rotatable bonds is 4. The smallest absolute Gasteiger partial charge is 0.324 e. The van der Waals surface area contributed by atoms with Gasteiger partial charge >= 0.3 is 6.03 Å². The Morgan fingerprint density at radius 3 is 2.59 bits per heavy atom. The predicted octanol–water partition coefficient (Wildman–Crippen LogP) is 2.07. The van der Waals surface area contributed by atoms with E-state index in [-0.39, 0.29) is 12.6 Å². The van der Waals surface area contributed by atoms with Gasteiger partial charge in [0.15, 0.2) is 0 Å². The number of urea groups is 1. The van der Waals surface area contributed by atoms with Gasteiger partial charge in [-0.3, -0.25) is 4.90 Å². The number of hydrogen-bond acceptors (Lipinski definition) is 2. The molecule has 0 aliphatic carbocycles. The molecule has 0 spiro atoms. The van der Waals surface area contributed by atoms with Crippen molar-refractivity contribution in [1.82, 2.24) is 4.90 Å². The van der Waals surface area contributed by atoms with Gasteiger partial charge < -0.3 is 10.0 Å². The van der Waals surface area contributed by atoms with Crippen molar-refractivity contribution < 1.29 is 9.90 Å². The Morgan fingerprint density at radius 1 is 1.24 bits per heavy atom. The molecule has 1 aliphatic rings. The van der Waals surface area contributed by atoms with E-state index in [4.69, 9.17) is 5.11 Å². The number of benzene rings is 1. The van der Waals surface area contributed by atoms with Crippen molar-refractivity contribution in [3.63, 3.8) is 0 Å². The number of carbonyl (C=O) groups excluding carboxylic acids is 1. The van der Waals surface area contributed by atoms with Crippen LogP contribution in [0.15, 0.2) is 28.7 Å². The Balaban J connectivity index is 2.04. The maximum atomic E-state index is 12.1. The van der Waals surface area contributed by atoms with E-state index in [9.17, 15) is 4.79 Å². The first kappa shape index (κ1) is 12.4. The lowest BCUT2D eigenvalue weighted by molar-refractivity contribution is 0.211. The minimum atomic E-state index is 0.0285. The fourth-order valence-electron chi connectivity index (χ4n) is 1.91. The highest BCUT2D eigenvalue weighted by Crippen LogP contribution is 2.22. The van der Waals surface area contributed by atoms with Crippen molar-refractivity contribution in [3.05, 3.63) is 28.7 Å². The number of amides is 2. The van der Waals surface area contributed by atoms with E-state index < -0.39 is 0 Å². The Kier molecular flexibility index (Phi) is 4.02. The Morgan fingerprint density at radius 2 is 1.94 bits per heavy atom. The van der Waals surface area contributed by atoms with Crippen molar-refractivity contribution in [2.45, 2.75) is 6.42 Å². The van der Waals surface area contributed by atoms with E-state index >= 15 is 0 Å². The third-order valence-electron chi connectivity index (χ3n) is 2.82. The van der Waals surface area contributed by atoms with Crippen molar-refractivity contribution >= 4 is 27.6 Å². The summed E-state index contributed by atoms with van der Waals surface area (Å²) in [6.45, 7) is 2.20. The van der Waals surface area contributed by atoms with Gasteiger partial charge in [-0.2, -0.15) is 0 Å². The molecule has 5 heteroatoms. The average Bonchev–Trinajstić information content (AvgIpc) is 2.69. The van der Waals surface area contributed by atoms with E-state index in [0.717, 1.165) is 16.7 Å². The first-order valence-corrected chi connectivity index (χ1v) is 6.44. The Hall–Kier alpha value is -1.07. The molecule has 1 N–H and O–H groups in total. The molecule has 1 aromatic carbocycles. The quantitative estimate of drug-likeness (QED) is 0.925. The number of aliphatic hydroxyl groups excluding tert-OH is 1.